The van der Waals surface area contributed by atoms with Crippen LogP contribution in [0.1, 0.15) is 72.2 Å². The van der Waals surface area contributed by atoms with Crippen LogP contribution in [0.4, 0.5) is 0 Å². The standard InChI is InChI=1S/C14H27N5/c1-13(2,3)15-10-12-16-17-18-19(12)11-6-8-14(4,5)9-7-11/h11,15H,6-10H2,1-5H3. The van der Waals surface area contributed by atoms with E-state index in [1.54, 1.807) is 0 Å². The maximum Gasteiger partial charge on any atom is 0.165 e. The zero-order valence-corrected chi connectivity index (χ0v) is 12.9. The first-order valence-electron chi connectivity index (χ1n) is 7.29. The minimum absolute atomic E-state index is 0.0886. The van der Waals surface area contributed by atoms with Gasteiger partial charge in [0.1, 0.15) is 0 Å². The van der Waals surface area contributed by atoms with Crippen molar-refractivity contribution in [1.29, 1.82) is 0 Å². The molecule has 0 atom stereocenters. The number of nitrogens with zero attached hydrogens (tertiary/aromatic N) is 4. The minimum atomic E-state index is 0.0886. The highest BCUT2D eigenvalue weighted by Crippen LogP contribution is 2.39. The van der Waals surface area contributed by atoms with E-state index in [0.717, 1.165) is 12.4 Å². The molecule has 1 aromatic heterocycles. The van der Waals surface area contributed by atoms with Crippen molar-refractivity contribution >= 4 is 0 Å². The predicted molar refractivity (Wildman–Crippen MR) is 75.7 cm³/mol. The molecule has 5 nitrogen and oxygen atoms in total. The second-order valence-corrected chi connectivity index (χ2v) is 7.54. The molecule has 0 saturated heterocycles. The third-order valence-corrected chi connectivity index (χ3v) is 3.99. The highest BCUT2D eigenvalue weighted by molar-refractivity contribution is 4.89. The summed E-state index contributed by atoms with van der Waals surface area (Å²) in [5.74, 6) is 0.958. The summed E-state index contributed by atoms with van der Waals surface area (Å²) in [5, 5.41) is 15.7. The average Bonchev–Trinajstić information content (AvgIpc) is 2.73. The van der Waals surface area contributed by atoms with Crippen LogP contribution in [0, 0.1) is 5.41 Å². The second-order valence-electron chi connectivity index (χ2n) is 7.54. The molecule has 2 rings (SSSR count). The molecular weight excluding hydrogens is 238 g/mol. The maximum atomic E-state index is 4.20. The number of hydrogen-bond donors (Lipinski definition) is 1. The molecule has 0 spiro atoms. The maximum absolute atomic E-state index is 4.20. The molecule has 0 aliphatic heterocycles. The van der Waals surface area contributed by atoms with E-state index in [1.807, 2.05) is 4.68 Å². The molecular formula is C14H27N5. The van der Waals surface area contributed by atoms with Crippen LogP contribution in [0.15, 0.2) is 0 Å². The highest BCUT2D eigenvalue weighted by atomic mass is 15.6. The van der Waals surface area contributed by atoms with E-state index in [9.17, 15) is 0 Å². The lowest BCUT2D eigenvalue weighted by Crippen LogP contribution is -2.36. The second kappa shape index (κ2) is 5.19. The molecule has 5 heteroatoms. The summed E-state index contributed by atoms with van der Waals surface area (Å²) in [6.45, 7) is 11.9. The van der Waals surface area contributed by atoms with Crippen molar-refractivity contribution < 1.29 is 0 Å². The fourth-order valence-corrected chi connectivity index (χ4v) is 2.59. The van der Waals surface area contributed by atoms with Crippen molar-refractivity contribution in [3.8, 4) is 0 Å². The summed E-state index contributed by atoms with van der Waals surface area (Å²) in [7, 11) is 0. The number of tetrazole rings is 1. The molecule has 1 saturated carbocycles. The van der Waals surface area contributed by atoms with Gasteiger partial charge in [-0.3, -0.25) is 0 Å². The molecule has 0 bridgehead atoms. The smallest absolute Gasteiger partial charge is 0.165 e. The Morgan fingerprint density at radius 3 is 2.47 bits per heavy atom. The van der Waals surface area contributed by atoms with Crippen LogP contribution in [-0.4, -0.2) is 25.7 Å². The third-order valence-electron chi connectivity index (χ3n) is 3.99. The van der Waals surface area contributed by atoms with Crippen LogP contribution in [0.25, 0.3) is 0 Å². The van der Waals surface area contributed by atoms with Crippen molar-refractivity contribution in [1.82, 2.24) is 25.5 Å². The number of aromatic nitrogens is 4. The van der Waals surface area contributed by atoms with Crippen molar-refractivity contribution in [2.75, 3.05) is 0 Å². The van der Waals surface area contributed by atoms with Crippen LogP contribution < -0.4 is 5.32 Å². The first-order chi connectivity index (χ1) is 8.77. The molecule has 0 radical (unpaired) electrons. The Morgan fingerprint density at radius 2 is 1.89 bits per heavy atom. The normalized spacial score (nSPS) is 20.7. The monoisotopic (exact) mass is 265 g/mol. The van der Waals surface area contributed by atoms with Gasteiger partial charge in [0.25, 0.3) is 0 Å². The van der Waals surface area contributed by atoms with Gasteiger partial charge in [0.2, 0.25) is 0 Å². The van der Waals surface area contributed by atoms with Gasteiger partial charge in [0, 0.05) is 5.54 Å². The molecule has 0 amide bonds. The lowest BCUT2D eigenvalue weighted by Gasteiger charge is -2.34. The van der Waals surface area contributed by atoms with Crippen LogP contribution >= 0.6 is 0 Å². The average molecular weight is 265 g/mol. The Morgan fingerprint density at radius 1 is 1.26 bits per heavy atom. The summed E-state index contributed by atoms with van der Waals surface area (Å²) >= 11 is 0. The van der Waals surface area contributed by atoms with Crippen molar-refractivity contribution in [2.45, 2.75) is 78.4 Å². The molecule has 0 aromatic carbocycles. The zero-order chi connectivity index (χ0) is 14.1. The lowest BCUT2D eigenvalue weighted by molar-refractivity contribution is 0.181. The molecule has 1 fully saturated rings. The van der Waals surface area contributed by atoms with Crippen LogP contribution in [0.3, 0.4) is 0 Å². The largest absolute Gasteiger partial charge is 0.305 e. The van der Waals surface area contributed by atoms with Gasteiger partial charge in [-0.15, -0.1) is 5.10 Å². The highest BCUT2D eigenvalue weighted by Gasteiger charge is 2.29. The Kier molecular flexibility index (Phi) is 3.95. The summed E-state index contributed by atoms with van der Waals surface area (Å²) in [6.07, 6.45) is 4.87. The van der Waals surface area contributed by atoms with Crippen molar-refractivity contribution in [3.05, 3.63) is 5.82 Å². The van der Waals surface area contributed by atoms with Gasteiger partial charge in [-0.1, -0.05) is 13.8 Å². The SMILES string of the molecule is CC1(C)CCC(n2nnnc2CNC(C)(C)C)CC1. The summed E-state index contributed by atoms with van der Waals surface area (Å²) in [4.78, 5) is 0. The Balaban J connectivity index is 2.00. The molecule has 108 valence electrons. The van der Waals surface area contributed by atoms with E-state index in [-0.39, 0.29) is 5.54 Å². The van der Waals surface area contributed by atoms with Crippen LogP contribution in [0.5, 0.6) is 0 Å². The van der Waals surface area contributed by atoms with E-state index < -0.39 is 0 Å². The fraction of sp³-hybridized carbons (Fsp3) is 0.929. The van der Waals surface area contributed by atoms with Crippen LogP contribution in [0.2, 0.25) is 0 Å². The number of hydrogen-bond acceptors (Lipinski definition) is 4. The molecule has 19 heavy (non-hydrogen) atoms. The Labute approximate surface area is 116 Å². The van der Waals surface area contributed by atoms with Gasteiger partial charge in [0.05, 0.1) is 12.6 Å². The topological polar surface area (TPSA) is 55.6 Å². The van der Waals surface area contributed by atoms with Gasteiger partial charge in [0.15, 0.2) is 5.82 Å². The van der Waals surface area contributed by atoms with Gasteiger partial charge < -0.3 is 5.32 Å². The van der Waals surface area contributed by atoms with E-state index in [0.29, 0.717) is 11.5 Å². The summed E-state index contributed by atoms with van der Waals surface area (Å²) in [5.41, 5.74) is 0.569. The molecule has 0 unspecified atom stereocenters. The van der Waals surface area contributed by atoms with Gasteiger partial charge in [-0.25, -0.2) is 4.68 Å². The Hall–Kier alpha value is -0.970. The Bertz CT molecular complexity index is 406. The minimum Gasteiger partial charge on any atom is -0.305 e. The van der Waals surface area contributed by atoms with E-state index in [4.69, 9.17) is 0 Å². The quantitative estimate of drug-likeness (QED) is 0.913. The lowest BCUT2D eigenvalue weighted by atomic mass is 9.75. The first kappa shape index (κ1) is 14.4. The molecule has 1 aliphatic carbocycles. The first-order valence-corrected chi connectivity index (χ1v) is 7.29. The predicted octanol–water partition coefficient (Wildman–Crippen LogP) is 2.70. The van der Waals surface area contributed by atoms with Crippen molar-refractivity contribution in [2.24, 2.45) is 5.41 Å². The fourth-order valence-electron chi connectivity index (χ4n) is 2.59. The third kappa shape index (κ3) is 4.00. The molecule has 1 aliphatic rings. The van der Waals surface area contributed by atoms with Gasteiger partial charge in [-0.2, -0.15) is 0 Å². The molecule has 1 aromatic rings. The molecule has 1 heterocycles. The van der Waals surface area contributed by atoms with Crippen LogP contribution in [-0.2, 0) is 6.54 Å². The number of nitrogens with one attached hydrogen (secondary N) is 1. The summed E-state index contributed by atoms with van der Waals surface area (Å²) in [6, 6.07) is 0.472. The van der Waals surface area contributed by atoms with Gasteiger partial charge >= 0.3 is 0 Å². The summed E-state index contributed by atoms with van der Waals surface area (Å²) < 4.78 is 2.04. The van der Waals surface area contributed by atoms with E-state index in [2.05, 4.69) is 55.5 Å². The molecule has 1 N–H and O–H groups in total. The van der Waals surface area contributed by atoms with E-state index >= 15 is 0 Å². The van der Waals surface area contributed by atoms with Crippen molar-refractivity contribution in [3.63, 3.8) is 0 Å². The van der Waals surface area contributed by atoms with E-state index in [1.165, 1.54) is 25.7 Å². The zero-order valence-electron chi connectivity index (χ0n) is 12.9. The van der Waals surface area contributed by atoms with Gasteiger partial charge in [-0.05, 0) is 62.3 Å². The number of rotatable bonds is 3.